The molecule has 1 aromatic carbocycles. The molecule has 3 unspecified atom stereocenters. The van der Waals surface area contributed by atoms with E-state index in [1.54, 1.807) is 20.0 Å². The first kappa shape index (κ1) is 36.1. The molecule has 2 saturated carbocycles. The van der Waals surface area contributed by atoms with Crippen LogP contribution in [0.2, 0.25) is 0 Å². The third-order valence-corrected chi connectivity index (χ3v) is 11.2. The van der Waals surface area contributed by atoms with Crippen molar-refractivity contribution in [2.24, 2.45) is 39.8 Å². The highest BCUT2D eigenvalue weighted by molar-refractivity contribution is 5.99. The van der Waals surface area contributed by atoms with Crippen molar-refractivity contribution in [3.05, 3.63) is 60.5 Å². The van der Waals surface area contributed by atoms with Gasteiger partial charge >= 0.3 is 6.09 Å². The number of carbonyl (C=O) groups is 4. The fourth-order valence-electron chi connectivity index (χ4n) is 8.61. The van der Waals surface area contributed by atoms with Gasteiger partial charge in [0.25, 0.3) is 0 Å². The molecule has 2 aliphatic carbocycles. The van der Waals surface area contributed by atoms with Crippen LogP contribution in [-0.4, -0.2) is 54.0 Å². The minimum Gasteiger partial charge on any atom is -0.450 e. The Morgan fingerprint density at radius 1 is 1.08 bits per heavy atom. The molecule has 2 aromatic rings. The van der Waals surface area contributed by atoms with Crippen molar-refractivity contribution in [1.82, 2.24) is 10.3 Å². The monoisotopic (exact) mass is 668 g/mol. The summed E-state index contributed by atoms with van der Waals surface area (Å²) in [5.74, 6) is -3.76. The van der Waals surface area contributed by atoms with Gasteiger partial charge in [-0.2, -0.15) is 0 Å². The number of nitrogens with two attached hydrogens (primary N) is 1. The number of rotatable bonds is 8. The quantitative estimate of drug-likeness (QED) is 0.227. The number of cyclic esters (lactones) is 1. The third-order valence-electron chi connectivity index (χ3n) is 11.2. The molecule has 1 aliphatic heterocycles. The average Bonchev–Trinajstić information content (AvgIpc) is 3.78. The Balaban J connectivity index is 1.60. The Labute approximate surface area is 290 Å². The molecule has 0 radical (unpaired) electrons. The summed E-state index contributed by atoms with van der Waals surface area (Å²) in [5.41, 5.74) is 6.54. The van der Waals surface area contributed by atoms with E-state index in [0.717, 1.165) is 79.8 Å². The minimum absolute atomic E-state index is 0.0424. The standard InChI is InChI=1S/C40H52N4O5/c1-5-32(42-4)33(38(41)47)40(2,3)37(46)31-24-28-23-30(31)36(45)35(27-15-11-12-16-27)44-39(48)49-21-13-9-7-6-8-10-14-25-17-18-26-19-20-43-34(28)29(26)22-25/h5,10,14,17-20,22,27-28,30-33,35H,1,4,6-9,11-13,15-16,21,23-24H2,2-3H3,(H2,41,47)(H,44,48)/b14-10+/t28?,30?,31-,32-,33?,35+/m1/s1. The Kier molecular flexibility index (Phi) is 11.8. The van der Waals surface area contributed by atoms with Gasteiger partial charge in [-0.1, -0.05) is 69.9 Å². The van der Waals surface area contributed by atoms with Crippen LogP contribution in [0.1, 0.15) is 102 Å². The molecule has 9 heteroatoms. The number of primary amides is 1. The van der Waals surface area contributed by atoms with E-state index >= 15 is 0 Å². The maximum atomic E-state index is 14.8. The molecule has 9 nitrogen and oxygen atoms in total. The van der Waals surface area contributed by atoms with Crippen LogP contribution >= 0.6 is 0 Å². The van der Waals surface area contributed by atoms with Gasteiger partial charge in [0.1, 0.15) is 5.78 Å². The lowest BCUT2D eigenvalue weighted by Gasteiger charge is -2.37. The zero-order valence-corrected chi connectivity index (χ0v) is 29.1. The van der Waals surface area contributed by atoms with E-state index in [-0.39, 0.29) is 30.0 Å². The van der Waals surface area contributed by atoms with Crippen LogP contribution < -0.4 is 11.1 Å². The highest BCUT2D eigenvalue weighted by atomic mass is 16.5. The third kappa shape index (κ3) is 8.03. The molecule has 3 aliphatic rings. The summed E-state index contributed by atoms with van der Waals surface area (Å²) in [6.45, 7) is 11.1. The van der Waals surface area contributed by atoms with Gasteiger partial charge < -0.3 is 15.8 Å². The van der Waals surface area contributed by atoms with E-state index in [1.165, 1.54) is 6.08 Å². The van der Waals surface area contributed by atoms with Crippen molar-refractivity contribution in [2.45, 2.75) is 102 Å². The Hall–Kier alpha value is -4.14. The number of ketones is 2. The van der Waals surface area contributed by atoms with Crippen LogP contribution in [0, 0.1) is 29.1 Å². The number of aromatic nitrogens is 1. The van der Waals surface area contributed by atoms with Gasteiger partial charge in [-0.15, -0.1) is 6.58 Å². The number of amides is 2. The molecular formula is C40H52N4O5. The highest BCUT2D eigenvalue weighted by Crippen LogP contribution is 2.49. The SMILES string of the molecule is C=C[C@@H](N=C)C(C(N)=O)C(C)(C)C(=O)[C@@H]1CC2CC1C(=O)[C@H](C1CCCC1)NC(=O)OCCCCCC/C=C/c1ccc3ccnc2c3c1. The second-order valence-electron chi connectivity index (χ2n) is 14.7. The molecular weight excluding hydrogens is 616 g/mol. The van der Waals surface area contributed by atoms with E-state index in [9.17, 15) is 19.2 Å². The van der Waals surface area contributed by atoms with Crippen molar-refractivity contribution < 1.29 is 23.9 Å². The summed E-state index contributed by atoms with van der Waals surface area (Å²) in [6, 6.07) is 6.78. The summed E-state index contributed by atoms with van der Waals surface area (Å²) in [7, 11) is 0. The van der Waals surface area contributed by atoms with E-state index in [2.05, 4.69) is 54.0 Å². The van der Waals surface area contributed by atoms with Gasteiger partial charge in [0.15, 0.2) is 5.78 Å². The lowest BCUT2D eigenvalue weighted by molar-refractivity contribution is -0.143. The molecule has 2 fully saturated rings. The van der Waals surface area contributed by atoms with E-state index in [0.29, 0.717) is 12.8 Å². The summed E-state index contributed by atoms with van der Waals surface area (Å²) in [5, 5.41) is 4.99. The number of pyridine rings is 1. The van der Waals surface area contributed by atoms with Crippen LogP contribution in [0.4, 0.5) is 4.79 Å². The first-order chi connectivity index (χ1) is 23.6. The fraction of sp³-hybridized carbons (Fsp3) is 0.550. The van der Waals surface area contributed by atoms with Crippen LogP contribution in [0.5, 0.6) is 0 Å². The molecule has 6 atom stereocenters. The zero-order valence-electron chi connectivity index (χ0n) is 29.1. The summed E-state index contributed by atoms with van der Waals surface area (Å²) in [4.78, 5) is 64.6. The van der Waals surface area contributed by atoms with Gasteiger partial charge in [0, 0.05) is 34.8 Å². The lowest BCUT2D eigenvalue weighted by Crippen LogP contribution is -2.52. The normalized spacial score (nSPS) is 26.3. The van der Waals surface area contributed by atoms with Crippen LogP contribution in [0.15, 0.2) is 54.2 Å². The smallest absolute Gasteiger partial charge is 0.407 e. The number of hydrogen-bond donors (Lipinski definition) is 2. The molecule has 2 heterocycles. The van der Waals surface area contributed by atoms with Crippen molar-refractivity contribution in [3.63, 3.8) is 0 Å². The molecule has 4 bridgehead atoms. The van der Waals surface area contributed by atoms with Gasteiger partial charge in [-0.05, 0) is 80.7 Å². The van der Waals surface area contributed by atoms with Crippen molar-refractivity contribution >= 4 is 47.1 Å². The average molecular weight is 669 g/mol. The molecule has 1 aromatic heterocycles. The predicted octanol–water partition coefficient (Wildman–Crippen LogP) is 7.13. The largest absolute Gasteiger partial charge is 0.450 e. The summed E-state index contributed by atoms with van der Waals surface area (Å²) in [6.07, 6.45) is 16.1. The summed E-state index contributed by atoms with van der Waals surface area (Å²) < 4.78 is 5.57. The van der Waals surface area contributed by atoms with Crippen LogP contribution in [-0.2, 0) is 19.1 Å². The molecule has 49 heavy (non-hydrogen) atoms. The molecule has 5 rings (SSSR count). The van der Waals surface area contributed by atoms with Crippen molar-refractivity contribution in [1.29, 1.82) is 0 Å². The Bertz CT molecular complexity index is 1580. The van der Waals surface area contributed by atoms with Gasteiger partial charge in [0.2, 0.25) is 5.91 Å². The first-order valence-electron chi connectivity index (χ1n) is 18.0. The molecule has 2 amide bonds. The zero-order chi connectivity index (χ0) is 35.1. The Morgan fingerprint density at radius 3 is 2.55 bits per heavy atom. The number of ether oxygens (including phenoxy) is 1. The number of alkyl carbamates (subject to hydrolysis) is 1. The maximum absolute atomic E-state index is 14.8. The van der Waals surface area contributed by atoms with Crippen molar-refractivity contribution in [2.75, 3.05) is 6.61 Å². The summed E-state index contributed by atoms with van der Waals surface area (Å²) >= 11 is 0. The van der Waals surface area contributed by atoms with Crippen LogP contribution in [0.3, 0.4) is 0 Å². The van der Waals surface area contributed by atoms with Gasteiger partial charge in [-0.3, -0.25) is 24.4 Å². The lowest BCUT2D eigenvalue weighted by atomic mass is 9.66. The number of allylic oxidation sites excluding steroid dienone is 1. The van der Waals surface area contributed by atoms with E-state index in [4.69, 9.17) is 15.5 Å². The molecule has 0 saturated heterocycles. The number of nitrogens with one attached hydrogen (secondary N) is 1. The second-order valence-corrected chi connectivity index (χ2v) is 14.7. The fourth-order valence-corrected chi connectivity index (χ4v) is 8.61. The number of Topliss-reactive ketones (excluding diaryl/α,β-unsaturated/α-hetero) is 2. The first-order valence-corrected chi connectivity index (χ1v) is 18.0. The molecule has 262 valence electrons. The van der Waals surface area contributed by atoms with Gasteiger partial charge in [-0.25, -0.2) is 4.79 Å². The van der Waals surface area contributed by atoms with E-state index in [1.807, 2.05) is 6.07 Å². The number of nitrogens with zero attached hydrogens (tertiary/aromatic N) is 2. The topological polar surface area (TPSA) is 141 Å². The Morgan fingerprint density at radius 2 is 1.84 bits per heavy atom. The number of aliphatic imine (C=N–C) groups is 1. The van der Waals surface area contributed by atoms with Crippen molar-refractivity contribution in [3.8, 4) is 0 Å². The number of fused-ring (bicyclic) bond motifs is 4. The second kappa shape index (κ2) is 16.0. The number of carbonyl (C=O) groups excluding carboxylic acids is 4. The molecule has 3 N–H and O–H groups in total. The highest BCUT2D eigenvalue weighted by Gasteiger charge is 2.53. The van der Waals surface area contributed by atoms with E-state index < -0.39 is 47.3 Å². The van der Waals surface area contributed by atoms with Crippen LogP contribution in [0.25, 0.3) is 16.8 Å². The molecule has 0 spiro atoms. The number of hydrogen-bond acceptors (Lipinski definition) is 7. The minimum atomic E-state index is -1.28. The van der Waals surface area contributed by atoms with Gasteiger partial charge in [0.05, 0.1) is 30.3 Å². The number of benzene rings is 1. The predicted molar refractivity (Wildman–Crippen MR) is 193 cm³/mol. The maximum Gasteiger partial charge on any atom is 0.407 e.